The maximum atomic E-state index is 5.31. The van der Waals surface area contributed by atoms with Crippen LogP contribution in [-0.2, 0) is 0 Å². The fraction of sp³-hybridized carbons (Fsp3) is 0.417. The van der Waals surface area contributed by atoms with Crippen molar-refractivity contribution in [2.75, 3.05) is 27.9 Å². The lowest BCUT2D eigenvalue weighted by molar-refractivity contribution is 0.324. The smallest absolute Gasteiger partial charge is 0.203 e. The molecule has 0 atom stereocenters. The van der Waals surface area contributed by atoms with Crippen molar-refractivity contribution in [2.45, 2.75) is 6.92 Å². The highest BCUT2D eigenvalue weighted by molar-refractivity contribution is 5.86. The van der Waals surface area contributed by atoms with Crippen LogP contribution in [0.15, 0.2) is 17.1 Å². The lowest BCUT2D eigenvalue weighted by Crippen LogP contribution is -1.98. The van der Waals surface area contributed by atoms with Gasteiger partial charge in [-0.25, -0.2) is 0 Å². The summed E-state index contributed by atoms with van der Waals surface area (Å²) in [5.74, 6) is 1.87. The van der Waals surface area contributed by atoms with Gasteiger partial charge < -0.3 is 14.2 Å². The minimum absolute atomic E-state index is 0.588. The highest BCUT2D eigenvalue weighted by atomic mass is 16.5. The van der Waals surface area contributed by atoms with Crippen LogP contribution in [0, 0.1) is 0 Å². The van der Waals surface area contributed by atoms with E-state index in [-0.39, 0.29) is 0 Å². The van der Waals surface area contributed by atoms with Crippen LogP contribution in [-0.4, -0.2) is 34.1 Å². The molecule has 88 valence electrons. The Labute approximate surface area is 95.9 Å². The first kappa shape index (κ1) is 12.4. The van der Waals surface area contributed by atoms with E-state index in [1.807, 2.05) is 19.1 Å². The van der Waals surface area contributed by atoms with Crippen molar-refractivity contribution < 1.29 is 14.2 Å². The number of hydrogen-bond donors (Lipinski definition) is 0. The molecule has 1 aromatic rings. The van der Waals surface area contributed by atoms with Crippen molar-refractivity contribution in [1.82, 2.24) is 0 Å². The Kier molecular flexibility index (Phi) is 4.64. The second kappa shape index (κ2) is 6.00. The third-order valence-corrected chi connectivity index (χ3v) is 2.15. The minimum Gasteiger partial charge on any atom is -0.493 e. The average Bonchev–Trinajstić information content (AvgIpc) is 2.34. The molecular formula is C12H17NO3. The molecule has 0 N–H and O–H groups in total. The average molecular weight is 223 g/mol. The fourth-order valence-electron chi connectivity index (χ4n) is 1.42. The third-order valence-electron chi connectivity index (χ3n) is 2.15. The molecule has 4 nitrogen and oxygen atoms in total. The Balaban J connectivity index is 3.25. The Bertz CT molecular complexity index is 375. The van der Waals surface area contributed by atoms with E-state index in [2.05, 4.69) is 4.99 Å². The van der Waals surface area contributed by atoms with Crippen LogP contribution in [0.5, 0.6) is 17.2 Å². The normalized spacial score (nSPS) is 10.5. The molecule has 0 aliphatic rings. The molecule has 0 bridgehead atoms. The topological polar surface area (TPSA) is 40.0 Å². The van der Waals surface area contributed by atoms with Crippen molar-refractivity contribution in [1.29, 1.82) is 0 Å². The molecule has 0 radical (unpaired) electrons. The SMILES string of the molecule is CCN=Cc1ccc(OC)c(OC)c1OC. The van der Waals surface area contributed by atoms with Gasteiger partial charge in [-0.2, -0.15) is 0 Å². The highest BCUT2D eigenvalue weighted by Gasteiger charge is 2.14. The van der Waals surface area contributed by atoms with Crippen LogP contribution in [0.25, 0.3) is 0 Å². The van der Waals surface area contributed by atoms with Gasteiger partial charge in [0.1, 0.15) is 0 Å². The highest BCUT2D eigenvalue weighted by Crippen LogP contribution is 2.38. The summed E-state index contributed by atoms with van der Waals surface area (Å²) in [6.07, 6.45) is 1.76. The Morgan fingerprint density at radius 2 is 1.75 bits per heavy atom. The molecular weight excluding hydrogens is 206 g/mol. The summed E-state index contributed by atoms with van der Waals surface area (Å²) < 4.78 is 15.8. The molecule has 0 aromatic heterocycles. The van der Waals surface area contributed by atoms with Gasteiger partial charge in [-0.3, -0.25) is 4.99 Å². The molecule has 0 aliphatic heterocycles. The second-order valence-electron chi connectivity index (χ2n) is 3.05. The molecule has 4 heteroatoms. The molecule has 0 saturated carbocycles. The maximum Gasteiger partial charge on any atom is 0.203 e. The summed E-state index contributed by atoms with van der Waals surface area (Å²) in [6, 6.07) is 3.72. The number of hydrogen-bond acceptors (Lipinski definition) is 4. The zero-order valence-corrected chi connectivity index (χ0v) is 10.1. The van der Waals surface area contributed by atoms with Gasteiger partial charge in [-0.1, -0.05) is 0 Å². The lowest BCUT2D eigenvalue weighted by atomic mass is 10.2. The van der Waals surface area contributed by atoms with Crippen LogP contribution >= 0.6 is 0 Å². The minimum atomic E-state index is 0.588. The van der Waals surface area contributed by atoms with Crippen molar-refractivity contribution >= 4 is 6.21 Å². The van der Waals surface area contributed by atoms with Gasteiger partial charge in [0, 0.05) is 18.3 Å². The van der Waals surface area contributed by atoms with Gasteiger partial charge in [-0.05, 0) is 19.1 Å². The summed E-state index contributed by atoms with van der Waals surface area (Å²) in [6.45, 7) is 2.71. The van der Waals surface area contributed by atoms with E-state index in [1.54, 1.807) is 27.5 Å². The van der Waals surface area contributed by atoms with E-state index < -0.39 is 0 Å². The number of ether oxygens (including phenoxy) is 3. The molecule has 1 aromatic carbocycles. The summed E-state index contributed by atoms with van der Waals surface area (Å²) in [5, 5.41) is 0. The van der Waals surface area contributed by atoms with Gasteiger partial charge in [-0.15, -0.1) is 0 Å². The molecule has 0 amide bonds. The van der Waals surface area contributed by atoms with Crippen molar-refractivity contribution in [3.63, 3.8) is 0 Å². The summed E-state index contributed by atoms with van der Waals surface area (Å²) in [5.41, 5.74) is 0.877. The Morgan fingerprint density at radius 1 is 1.06 bits per heavy atom. The standard InChI is InChI=1S/C12H17NO3/c1-5-13-8-9-6-7-10(14-2)12(16-4)11(9)15-3/h6-8H,5H2,1-4H3. The Hall–Kier alpha value is -1.71. The van der Waals surface area contributed by atoms with Crippen molar-refractivity contribution in [2.24, 2.45) is 4.99 Å². The number of aliphatic imine (C=N–C) groups is 1. The van der Waals surface area contributed by atoms with Gasteiger partial charge in [0.2, 0.25) is 5.75 Å². The van der Waals surface area contributed by atoms with Gasteiger partial charge in [0.25, 0.3) is 0 Å². The van der Waals surface area contributed by atoms with Gasteiger partial charge >= 0.3 is 0 Å². The lowest BCUT2D eigenvalue weighted by Gasteiger charge is -2.13. The van der Waals surface area contributed by atoms with E-state index in [0.29, 0.717) is 17.2 Å². The van der Waals surface area contributed by atoms with Crippen LogP contribution in [0.2, 0.25) is 0 Å². The van der Waals surface area contributed by atoms with E-state index in [0.717, 1.165) is 12.1 Å². The van der Waals surface area contributed by atoms with Gasteiger partial charge in [0.05, 0.1) is 21.3 Å². The Morgan fingerprint density at radius 3 is 2.25 bits per heavy atom. The zero-order valence-electron chi connectivity index (χ0n) is 10.1. The summed E-state index contributed by atoms with van der Waals surface area (Å²) in [4.78, 5) is 4.18. The van der Waals surface area contributed by atoms with Crippen LogP contribution < -0.4 is 14.2 Å². The predicted molar refractivity (Wildman–Crippen MR) is 64.2 cm³/mol. The monoisotopic (exact) mass is 223 g/mol. The largest absolute Gasteiger partial charge is 0.493 e. The number of nitrogens with zero attached hydrogens (tertiary/aromatic N) is 1. The first-order valence-electron chi connectivity index (χ1n) is 5.07. The summed E-state index contributed by atoms with van der Waals surface area (Å²) >= 11 is 0. The zero-order chi connectivity index (χ0) is 12.0. The van der Waals surface area contributed by atoms with Crippen molar-refractivity contribution in [3.8, 4) is 17.2 Å². The maximum absolute atomic E-state index is 5.31. The van der Waals surface area contributed by atoms with Crippen molar-refractivity contribution in [3.05, 3.63) is 17.7 Å². The molecule has 0 aliphatic carbocycles. The van der Waals surface area contributed by atoms with Crippen LogP contribution in [0.4, 0.5) is 0 Å². The number of benzene rings is 1. The molecule has 0 fully saturated rings. The van der Waals surface area contributed by atoms with E-state index in [1.165, 1.54) is 0 Å². The predicted octanol–water partition coefficient (Wildman–Crippen LogP) is 2.15. The van der Waals surface area contributed by atoms with E-state index >= 15 is 0 Å². The second-order valence-corrected chi connectivity index (χ2v) is 3.05. The first-order chi connectivity index (χ1) is 7.78. The third kappa shape index (κ3) is 2.45. The van der Waals surface area contributed by atoms with E-state index in [4.69, 9.17) is 14.2 Å². The number of methoxy groups -OCH3 is 3. The first-order valence-corrected chi connectivity index (χ1v) is 5.07. The fourth-order valence-corrected chi connectivity index (χ4v) is 1.42. The van der Waals surface area contributed by atoms with Crippen LogP contribution in [0.1, 0.15) is 12.5 Å². The molecule has 0 saturated heterocycles. The van der Waals surface area contributed by atoms with Crippen LogP contribution in [0.3, 0.4) is 0 Å². The molecule has 1 rings (SSSR count). The molecule has 16 heavy (non-hydrogen) atoms. The molecule has 0 heterocycles. The number of rotatable bonds is 5. The molecule has 0 spiro atoms. The summed E-state index contributed by atoms with van der Waals surface area (Å²) in [7, 11) is 4.78. The molecule has 0 unspecified atom stereocenters. The van der Waals surface area contributed by atoms with Gasteiger partial charge in [0.15, 0.2) is 11.5 Å². The quantitative estimate of drug-likeness (QED) is 0.718. The van der Waals surface area contributed by atoms with E-state index in [9.17, 15) is 0 Å².